The van der Waals surface area contributed by atoms with Gasteiger partial charge in [0.05, 0.1) is 23.0 Å². The molecule has 2 aliphatic heterocycles. The summed E-state index contributed by atoms with van der Waals surface area (Å²) in [5.74, 6) is 0.331. The van der Waals surface area contributed by atoms with Gasteiger partial charge in [0.2, 0.25) is 0 Å². The minimum Gasteiger partial charge on any atom is -0.487 e. The van der Waals surface area contributed by atoms with Crippen LogP contribution in [-0.2, 0) is 11.3 Å². The molecule has 2 fully saturated rings. The molecule has 11 heteroatoms. The zero-order valence-electron chi connectivity index (χ0n) is 31.5. The normalized spacial score (nSPS) is 17.6. The Balaban J connectivity index is 1.18. The van der Waals surface area contributed by atoms with Crippen molar-refractivity contribution in [2.24, 2.45) is 23.5 Å². The van der Waals surface area contributed by atoms with Gasteiger partial charge in [0, 0.05) is 83.7 Å². The third kappa shape index (κ3) is 9.42. The molecule has 8 nitrogen and oxygen atoms in total. The lowest BCUT2D eigenvalue weighted by Gasteiger charge is -2.44. The third-order valence-electron chi connectivity index (χ3n) is 10.9. The molecule has 284 valence electrons. The summed E-state index contributed by atoms with van der Waals surface area (Å²) in [5.41, 5.74) is 11.2. The second-order valence-corrected chi connectivity index (χ2v) is 15.3. The predicted octanol–water partition coefficient (Wildman–Crippen LogP) is 9.54. The fourth-order valence-corrected chi connectivity index (χ4v) is 7.40. The number of allylic oxidation sites excluding steroid dienone is 4. The van der Waals surface area contributed by atoms with E-state index in [9.17, 15) is 14.0 Å². The van der Waals surface area contributed by atoms with Crippen molar-refractivity contribution in [2.75, 3.05) is 37.6 Å². The van der Waals surface area contributed by atoms with Crippen LogP contribution < -0.4 is 10.6 Å². The molecule has 0 radical (unpaired) electrons. The molecule has 2 aliphatic rings. The summed E-state index contributed by atoms with van der Waals surface area (Å²) in [6.45, 7) is 18.4. The molecule has 3 heterocycles. The number of likely N-dealkylation sites (tertiary alicyclic amines) is 1. The Hall–Kier alpha value is -3.92. The minimum absolute atomic E-state index is 0.0349. The van der Waals surface area contributed by atoms with E-state index in [-0.39, 0.29) is 41.1 Å². The monoisotopic (exact) mass is 763 g/mol. The van der Waals surface area contributed by atoms with E-state index >= 15 is 0 Å². The summed E-state index contributed by atoms with van der Waals surface area (Å²) in [5, 5.41) is 4.98. The number of benzene rings is 2. The van der Waals surface area contributed by atoms with Gasteiger partial charge in [-0.3, -0.25) is 14.3 Å². The van der Waals surface area contributed by atoms with Crippen LogP contribution in [0.15, 0.2) is 72.9 Å². The van der Waals surface area contributed by atoms with Gasteiger partial charge < -0.3 is 20.3 Å². The number of ether oxygens (including phenoxy) is 1. The molecule has 3 aromatic rings. The Bertz CT molecular complexity index is 1870. The smallest absolute Gasteiger partial charge is 0.166 e. The summed E-state index contributed by atoms with van der Waals surface area (Å²) < 4.78 is 22.4. The molecular weight excluding hydrogens is 712 g/mol. The van der Waals surface area contributed by atoms with Crippen molar-refractivity contribution in [3.63, 3.8) is 0 Å². The van der Waals surface area contributed by atoms with Gasteiger partial charge in [-0.05, 0) is 80.5 Å². The molecule has 2 N–H and O–H groups in total. The molecule has 2 unspecified atom stereocenters. The Morgan fingerprint density at radius 1 is 1.08 bits per heavy atom. The van der Waals surface area contributed by atoms with Crippen LogP contribution in [0.4, 0.5) is 10.1 Å². The van der Waals surface area contributed by atoms with Gasteiger partial charge in [0.15, 0.2) is 11.6 Å². The zero-order chi connectivity index (χ0) is 38.4. The fourth-order valence-electron chi connectivity index (χ4n) is 6.92. The number of anilines is 1. The number of halogens is 3. The van der Waals surface area contributed by atoms with E-state index in [2.05, 4.69) is 23.3 Å². The highest BCUT2D eigenvalue weighted by Crippen LogP contribution is 2.33. The van der Waals surface area contributed by atoms with Crippen molar-refractivity contribution in [1.82, 2.24) is 14.7 Å². The van der Waals surface area contributed by atoms with Gasteiger partial charge in [0.25, 0.3) is 0 Å². The van der Waals surface area contributed by atoms with Crippen LogP contribution in [-0.4, -0.2) is 59.0 Å². The average molecular weight is 765 g/mol. The molecule has 2 aromatic carbocycles. The second-order valence-electron chi connectivity index (χ2n) is 14.5. The van der Waals surface area contributed by atoms with Crippen LogP contribution in [0, 0.1) is 23.6 Å². The standard InChI is InChI=1S/C42H52Cl2FN5O3/c1-7-26(4)41(46)39(53-25-36-37(43)12-13-38(45)40(36)44)18-30(9-3)31-20-47-50(24-31)32-14-16-48(17-15-32)21-29-22-49(23-29)33-10-11-34(35(19-33)28(6)51)42(52)27(5)8-2/h9-13,18-20,24,26-27,29,32H,3,7-8,14-17,21-23,25,46H2,1-2,4-6H3/b30-18+,41-39-. The van der Waals surface area contributed by atoms with E-state index in [1.807, 2.05) is 62.1 Å². The maximum absolute atomic E-state index is 14.2. The summed E-state index contributed by atoms with van der Waals surface area (Å²) in [4.78, 5) is 30.1. The highest BCUT2D eigenvalue weighted by molar-refractivity contribution is 6.36. The van der Waals surface area contributed by atoms with Crippen molar-refractivity contribution < 1.29 is 18.7 Å². The highest BCUT2D eigenvalue weighted by atomic mass is 35.5. The van der Waals surface area contributed by atoms with Crippen LogP contribution >= 0.6 is 23.2 Å². The molecule has 2 atom stereocenters. The second kappa shape index (κ2) is 17.9. The summed E-state index contributed by atoms with van der Waals surface area (Å²) in [7, 11) is 0. The molecule has 0 bridgehead atoms. The Labute approximate surface area is 323 Å². The summed E-state index contributed by atoms with van der Waals surface area (Å²) in [6, 6.07) is 8.68. The topological polar surface area (TPSA) is 93.7 Å². The Morgan fingerprint density at radius 3 is 2.42 bits per heavy atom. The van der Waals surface area contributed by atoms with E-state index < -0.39 is 5.82 Å². The number of carbonyl (C=O) groups excluding carboxylic acids is 2. The van der Waals surface area contributed by atoms with E-state index in [0.717, 1.165) is 75.2 Å². The van der Waals surface area contributed by atoms with E-state index in [1.165, 1.54) is 19.1 Å². The van der Waals surface area contributed by atoms with E-state index in [1.54, 1.807) is 6.08 Å². The number of hydrogen-bond donors (Lipinski definition) is 1. The first-order chi connectivity index (χ1) is 25.3. The van der Waals surface area contributed by atoms with E-state index in [4.69, 9.17) is 38.8 Å². The fraction of sp³-hybridized carbons (Fsp3) is 0.452. The lowest BCUT2D eigenvalue weighted by molar-refractivity contribution is 0.0916. The number of piperidine rings is 1. The predicted molar refractivity (Wildman–Crippen MR) is 213 cm³/mol. The minimum atomic E-state index is -0.565. The van der Waals surface area contributed by atoms with Gasteiger partial charge >= 0.3 is 0 Å². The number of nitrogens with two attached hydrogens (primary N) is 1. The van der Waals surface area contributed by atoms with Crippen LogP contribution in [0.1, 0.15) is 98.2 Å². The molecule has 0 amide bonds. The first-order valence-corrected chi connectivity index (χ1v) is 19.4. The number of Topliss-reactive ketones (excluding diaryl/α,β-unsaturated/α-hetero) is 2. The van der Waals surface area contributed by atoms with Crippen molar-refractivity contribution in [2.45, 2.75) is 73.0 Å². The highest BCUT2D eigenvalue weighted by Gasteiger charge is 2.31. The molecule has 5 rings (SSSR count). The largest absolute Gasteiger partial charge is 0.487 e. The molecule has 53 heavy (non-hydrogen) atoms. The number of aromatic nitrogens is 2. The van der Waals surface area contributed by atoms with Gasteiger partial charge in [-0.25, -0.2) is 4.39 Å². The lowest BCUT2D eigenvalue weighted by atomic mass is 9.90. The van der Waals surface area contributed by atoms with Crippen molar-refractivity contribution in [3.8, 4) is 0 Å². The first kappa shape index (κ1) is 40.3. The maximum atomic E-state index is 14.2. The van der Waals surface area contributed by atoms with Gasteiger partial charge in [-0.15, -0.1) is 0 Å². The van der Waals surface area contributed by atoms with Crippen LogP contribution in [0.2, 0.25) is 10.0 Å². The number of rotatable bonds is 16. The SMILES string of the molecule is C=C/C(=C\C(OCc1c(Cl)ccc(F)c1Cl)=C(\N)C(C)CC)c1cnn(C2CCN(CC3CN(c4ccc(C(=O)C(C)CC)c(C(C)=O)c4)C3)CC2)c1. The third-order valence-corrected chi connectivity index (χ3v) is 11.6. The van der Waals surface area contributed by atoms with Crippen LogP contribution in [0.3, 0.4) is 0 Å². The molecule has 0 spiro atoms. The first-order valence-electron chi connectivity index (χ1n) is 18.6. The van der Waals surface area contributed by atoms with Gasteiger partial charge in [-0.2, -0.15) is 5.10 Å². The quantitative estimate of drug-likeness (QED) is 0.0673. The Morgan fingerprint density at radius 2 is 1.77 bits per heavy atom. The number of ketones is 2. The van der Waals surface area contributed by atoms with Crippen molar-refractivity contribution in [3.05, 3.63) is 111 Å². The zero-order valence-corrected chi connectivity index (χ0v) is 33.0. The molecular formula is C42H52Cl2FN5O3. The van der Waals surface area contributed by atoms with Gasteiger partial charge in [0.1, 0.15) is 18.2 Å². The van der Waals surface area contributed by atoms with Crippen LogP contribution in [0.5, 0.6) is 0 Å². The van der Waals surface area contributed by atoms with Gasteiger partial charge in [-0.1, -0.05) is 63.6 Å². The molecule has 2 saturated heterocycles. The van der Waals surface area contributed by atoms with Crippen molar-refractivity contribution >= 4 is 46.0 Å². The summed E-state index contributed by atoms with van der Waals surface area (Å²) >= 11 is 12.5. The summed E-state index contributed by atoms with van der Waals surface area (Å²) in [6.07, 6.45) is 11.0. The lowest BCUT2D eigenvalue weighted by Crippen LogP contribution is -2.52. The number of hydrogen-bond acceptors (Lipinski definition) is 7. The number of carbonyl (C=O) groups is 2. The molecule has 1 aromatic heterocycles. The maximum Gasteiger partial charge on any atom is 0.166 e. The average Bonchev–Trinajstić information content (AvgIpc) is 3.64. The van der Waals surface area contributed by atoms with Crippen molar-refractivity contribution in [1.29, 1.82) is 0 Å². The Kier molecular flexibility index (Phi) is 13.6. The van der Waals surface area contributed by atoms with E-state index in [0.29, 0.717) is 39.1 Å². The van der Waals surface area contributed by atoms with Crippen LogP contribution in [0.25, 0.3) is 5.57 Å². The molecule has 0 saturated carbocycles. The number of nitrogens with zero attached hydrogens (tertiary/aromatic N) is 4. The molecule has 0 aliphatic carbocycles.